The van der Waals surface area contributed by atoms with E-state index in [0.717, 1.165) is 0 Å². The van der Waals surface area contributed by atoms with E-state index in [1.54, 1.807) is 0 Å². The van der Waals surface area contributed by atoms with Crippen molar-refractivity contribution in [1.82, 2.24) is 0 Å². The molecule has 1 fully saturated rings. The van der Waals surface area contributed by atoms with Crippen LogP contribution >= 0.6 is 0 Å². The summed E-state index contributed by atoms with van der Waals surface area (Å²) in [6.07, 6.45) is 1.23. The van der Waals surface area contributed by atoms with Crippen LogP contribution in [0.25, 0.3) is 0 Å². The number of carbonyl (C=O) groups excluding carboxylic acids is 2. The van der Waals surface area contributed by atoms with Crippen LogP contribution in [-0.2, 0) is 14.3 Å². The zero-order valence-electron chi connectivity index (χ0n) is 7.83. The molecule has 3 aliphatic carbocycles. The van der Waals surface area contributed by atoms with Gasteiger partial charge in [-0.05, 0) is 19.4 Å². The standard InChI is InChI=1S/C10H11FO3/c1-2-14-8-4-5-7(11)3-6(8)10(13)9(5)12/h3,5-6,8H,2,4H2,1H3/t5-,6+,8-/m0/s1. The Labute approximate surface area is 80.9 Å². The summed E-state index contributed by atoms with van der Waals surface area (Å²) < 4.78 is 18.4. The molecule has 1 saturated carbocycles. The molecule has 14 heavy (non-hydrogen) atoms. The Morgan fingerprint density at radius 2 is 2.21 bits per heavy atom. The third-order valence-corrected chi connectivity index (χ3v) is 2.78. The first-order chi connectivity index (χ1) is 6.65. The second kappa shape index (κ2) is 3.28. The summed E-state index contributed by atoms with van der Waals surface area (Å²) in [7, 11) is 0. The molecule has 0 unspecified atom stereocenters. The van der Waals surface area contributed by atoms with Crippen LogP contribution in [0.3, 0.4) is 0 Å². The first-order valence-electron chi connectivity index (χ1n) is 4.72. The largest absolute Gasteiger partial charge is 0.377 e. The molecule has 0 saturated heterocycles. The summed E-state index contributed by atoms with van der Waals surface area (Å²) in [4.78, 5) is 22.6. The fourth-order valence-corrected chi connectivity index (χ4v) is 2.09. The molecule has 76 valence electrons. The van der Waals surface area contributed by atoms with Crippen LogP contribution in [0.15, 0.2) is 11.9 Å². The first kappa shape index (κ1) is 9.52. The van der Waals surface area contributed by atoms with E-state index in [1.165, 1.54) is 6.08 Å². The topological polar surface area (TPSA) is 43.4 Å². The summed E-state index contributed by atoms with van der Waals surface area (Å²) in [5, 5.41) is 0. The van der Waals surface area contributed by atoms with Crippen LogP contribution in [0.1, 0.15) is 13.3 Å². The molecular formula is C10H11FO3. The third-order valence-electron chi connectivity index (χ3n) is 2.78. The molecule has 0 spiro atoms. The van der Waals surface area contributed by atoms with Gasteiger partial charge in [0, 0.05) is 6.61 Å². The quantitative estimate of drug-likeness (QED) is 0.622. The van der Waals surface area contributed by atoms with Gasteiger partial charge in [0.05, 0.1) is 17.9 Å². The van der Waals surface area contributed by atoms with Gasteiger partial charge in [0.15, 0.2) is 0 Å². The van der Waals surface area contributed by atoms with Gasteiger partial charge in [0.25, 0.3) is 0 Å². The molecule has 0 heterocycles. The number of ketones is 2. The highest BCUT2D eigenvalue weighted by Crippen LogP contribution is 2.38. The third kappa shape index (κ3) is 1.21. The molecule has 0 radical (unpaired) electrons. The molecule has 4 heteroatoms. The number of ether oxygens (including phenoxy) is 1. The Morgan fingerprint density at radius 3 is 2.86 bits per heavy atom. The van der Waals surface area contributed by atoms with Crippen molar-refractivity contribution >= 4 is 11.6 Å². The van der Waals surface area contributed by atoms with Crippen LogP contribution in [0.4, 0.5) is 4.39 Å². The van der Waals surface area contributed by atoms with Crippen LogP contribution in [0.5, 0.6) is 0 Å². The summed E-state index contributed by atoms with van der Waals surface area (Å²) in [6.45, 7) is 2.29. The van der Waals surface area contributed by atoms with Gasteiger partial charge >= 0.3 is 0 Å². The Balaban J connectivity index is 2.28. The van der Waals surface area contributed by atoms with E-state index >= 15 is 0 Å². The Kier molecular flexibility index (Phi) is 2.23. The average molecular weight is 198 g/mol. The summed E-state index contributed by atoms with van der Waals surface area (Å²) in [5.74, 6) is -3.11. The van der Waals surface area contributed by atoms with E-state index in [4.69, 9.17) is 4.74 Å². The molecule has 0 aromatic rings. The lowest BCUT2D eigenvalue weighted by Gasteiger charge is -2.36. The van der Waals surface area contributed by atoms with Crippen LogP contribution in [-0.4, -0.2) is 24.3 Å². The minimum absolute atomic E-state index is 0.310. The molecule has 2 bridgehead atoms. The van der Waals surface area contributed by atoms with E-state index in [9.17, 15) is 14.0 Å². The Bertz CT molecular complexity index is 321. The number of halogens is 1. The van der Waals surface area contributed by atoms with Gasteiger partial charge in [0.2, 0.25) is 11.6 Å². The molecule has 0 N–H and O–H groups in total. The lowest BCUT2D eigenvalue weighted by atomic mass is 9.71. The maximum absolute atomic E-state index is 13.1. The lowest BCUT2D eigenvalue weighted by Crippen LogP contribution is -2.48. The zero-order chi connectivity index (χ0) is 10.3. The average Bonchev–Trinajstić information content (AvgIpc) is 2.16. The molecule has 3 atom stereocenters. The van der Waals surface area contributed by atoms with Gasteiger partial charge in [-0.25, -0.2) is 4.39 Å². The van der Waals surface area contributed by atoms with Gasteiger partial charge < -0.3 is 4.74 Å². The van der Waals surface area contributed by atoms with Crippen LogP contribution in [0.2, 0.25) is 0 Å². The van der Waals surface area contributed by atoms with Gasteiger partial charge in [-0.1, -0.05) is 0 Å². The van der Waals surface area contributed by atoms with Gasteiger partial charge in [0.1, 0.15) is 5.83 Å². The predicted octanol–water partition coefficient (Wildman–Crippen LogP) is 1.03. The van der Waals surface area contributed by atoms with E-state index in [1.807, 2.05) is 6.92 Å². The minimum Gasteiger partial charge on any atom is -0.377 e. The van der Waals surface area contributed by atoms with Crippen molar-refractivity contribution in [1.29, 1.82) is 0 Å². The van der Waals surface area contributed by atoms with Crippen molar-refractivity contribution in [2.75, 3.05) is 6.61 Å². The van der Waals surface area contributed by atoms with Crippen molar-refractivity contribution < 1.29 is 18.7 Å². The van der Waals surface area contributed by atoms with Crippen molar-refractivity contribution in [2.45, 2.75) is 19.4 Å². The predicted molar refractivity (Wildman–Crippen MR) is 46.2 cm³/mol. The van der Waals surface area contributed by atoms with E-state index < -0.39 is 29.2 Å². The number of carbonyl (C=O) groups is 2. The fraction of sp³-hybridized carbons (Fsp3) is 0.600. The minimum atomic E-state index is -0.871. The Hall–Kier alpha value is -1.03. The molecule has 3 aliphatic rings. The first-order valence-corrected chi connectivity index (χ1v) is 4.72. The number of allylic oxidation sites excluding steroid dienone is 1. The smallest absolute Gasteiger partial charge is 0.208 e. The van der Waals surface area contributed by atoms with Crippen molar-refractivity contribution in [3.8, 4) is 0 Å². The molecular weight excluding hydrogens is 187 g/mol. The van der Waals surface area contributed by atoms with Crippen molar-refractivity contribution in [2.24, 2.45) is 11.8 Å². The van der Waals surface area contributed by atoms with Crippen LogP contribution in [0, 0.1) is 11.8 Å². The summed E-state index contributed by atoms with van der Waals surface area (Å²) in [5.41, 5.74) is 0. The second-order valence-corrected chi connectivity index (χ2v) is 3.59. The SMILES string of the molecule is CCO[C@H]1C[C@@H]2C(=O)C(=O)[C@@H]1C=C2F. The monoisotopic (exact) mass is 198 g/mol. The maximum atomic E-state index is 13.1. The van der Waals surface area contributed by atoms with Gasteiger partial charge in [-0.3, -0.25) is 9.59 Å². The van der Waals surface area contributed by atoms with Crippen molar-refractivity contribution in [3.63, 3.8) is 0 Å². The highest BCUT2D eigenvalue weighted by atomic mass is 19.1. The molecule has 3 nitrogen and oxygen atoms in total. The highest BCUT2D eigenvalue weighted by molar-refractivity contribution is 6.41. The molecule has 0 amide bonds. The second-order valence-electron chi connectivity index (χ2n) is 3.59. The Morgan fingerprint density at radius 1 is 1.50 bits per heavy atom. The maximum Gasteiger partial charge on any atom is 0.208 e. The zero-order valence-corrected chi connectivity index (χ0v) is 7.83. The number of fused-ring (bicyclic) bond motifs is 2. The van der Waals surface area contributed by atoms with E-state index in [-0.39, 0.29) is 6.10 Å². The fourth-order valence-electron chi connectivity index (χ4n) is 2.09. The molecule has 3 rings (SSSR count). The highest BCUT2D eigenvalue weighted by Gasteiger charge is 2.48. The number of rotatable bonds is 2. The van der Waals surface area contributed by atoms with Gasteiger partial charge in [-0.2, -0.15) is 0 Å². The lowest BCUT2D eigenvalue weighted by molar-refractivity contribution is -0.149. The van der Waals surface area contributed by atoms with Crippen molar-refractivity contribution in [3.05, 3.63) is 11.9 Å². The normalized spacial score (nSPS) is 36.1. The van der Waals surface area contributed by atoms with E-state index in [0.29, 0.717) is 13.0 Å². The van der Waals surface area contributed by atoms with E-state index in [2.05, 4.69) is 0 Å². The van der Waals surface area contributed by atoms with Gasteiger partial charge in [-0.15, -0.1) is 0 Å². The molecule has 0 aromatic heterocycles. The molecule has 0 aromatic carbocycles. The summed E-state index contributed by atoms with van der Waals surface area (Å²) >= 11 is 0. The van der Waals surface area contributed by atoms with Crippen LogP contribution < -0.4 is 0 Å². The summed E-state index contributed by atoms with van der Waals surface area (Å²) in [6, 6.07) is 0. The number of hydrogen-bond donors (Lipinski definition) is 0. The number of Topliss-reactive ketones (excluding diaryl/α,β-unsaturated/α-hetero) is 2. The number of hydrogen-bond acceptors (Lipinski definition) is 3. The molecule has 0 aliphatic heterocycles.